The Labute approximate surface area is 258 Å². The Morgan fingerprint density at radius 1 is 0.864 bits per heavy atom. The molecule has 0 N–H and O–H groups in total. The highest BCUT2D eigenvalue weighted by Crippen LogP contribution is 2.31. The number of fused-ring (bicyclic) bond motifs is 1. The highest BCUT2D eigenvalue weighted by Gasteiger charge is 2.35. The van der Waals surface area contributed by atoms with Crippen LogP contribution in [0.1, 0.15) is 49.7 Å². The Hall–Kier alpha value is -4.75. The van der Waals surface area contributed by atoms with Gasteiger partial charge in [0.1, 0.15) is 11.6 Å². The topological polar surface area (TPSA) is 67.7 Å². The number of carbonyl (C=O) groups excluding carboxylic acids is 1. The van der Waals surface area contributed by atoms with Crippen molar-refractivity contribution in [1.29, 1.82) is 0 Å². The summed E-state index contributed by atoms with van der Waals surface area (Å²) in [6, 6.07) is 34.9. The van der Waals surface area contributed by atoms with E-state index in [0.717, 1.165) is 22.6 Å². The quantitative estimate of drug-likeness (QED) is 0.216. The Morgan fingerprint density at radius 3 is 2.09 bits per heavy atom. The third-order valence-corrected chi connectivity index (χ3v) is 8.58. The standard InChI is InChI=1S/C37H38N4O3/c1-4-44-31-21-19-30(20-22-31)41-35(38-33-18-12-11-17-32(33)36(41)42)27(3)39-23-24-40(26(2)25-39)37(43)34(28-13-7-5-8-14-28)29-15-9-6-10-16-29/h5-22,26-27,34H,4,23-25H2,1-3H3. The van der Waals surface area contributed by atoms with Crippen LogP contribution in [0.2, 0.25) is 0 Å². The molecule has 1 aliphatic heterocycles. The molecule has 7 heteroatoms. The SMILES string of the molecule is CCOc1ccc(-n2c(C(C)N3CCN(C(=O)C(c4ccccc4)c4ccccc4)C(C)C3)nc3ccccc3c2=O)cc1. The fourth-order valence-electron chi connectivity index (χ4n) is 6.30. The summed E-state index contributed by atoms with van der Waals surface area (Å²) in [6.45, 7) is 8.64. The molecule has 2 heterocycles. The fourth-order valence-corrected chi connectivity index (χ4v) is 6.30. The van der Waals surface area contributed by atoms with E-state index < -0.39 is 0 Å². The molecule has 44 heavy (non-hydrogen) atoms. The van der Waals surface area contributed by atoms with Crippen LogP contribution >= 0.6 is 0 Å². The van der Waals surface area contributed by atoms with E-state index >= 15 is 0 Å². The van der Waals surface area contributed by atoms with E-state index in [-0.39, 0.29) is 29.5 Å². The van der Waals surface area contributed by atoms with Crippen molar-refractivity contribution in [2.75, 3.05) is 26.2 Å². The van der Waals surface area contributed by atoms with E-state index in [1.165, 1.54) is 0 Å². The van der Waals surface area contributed by atoms with Crippen molar-refractivity contribution in [3.8, 4) is 11.4 Å². The van der Waals surface area contributed by atoms with Crippen LogP contribution in [0, 0.1) is 0 Å². The first kappa shape index (κ1) is 29.3. The maximum Gasteiger partial charge on any atom is 0.266 e. The van der Waals surface area contributed by atoms with Crippen LogP contribution in [-0.4, -0.2) is 57.5 Å². The number of amides is 1. The molecule has 4 aromatic carbocycles. The number of piperazine rings is 1. The molecule has 1 aromatic heterocycles. The largest absolute Gasteiger partial charge is 0.494 e. The lowest BCUT2D eigenvalue weighted by molar-refractivity contribution is -0.136. The van der Waals surface area contributed by atoms with Gasteiger partial charge in [-0.1, -0.05) is 72.8 Å². The number of para-hydroxylation sites is 1. The van der Waals surface area contributed by atoms with Gasteiger partial charge in [0.05, 0.1) is 35.2 Å². The van der Waals surface area contributed by atoms with Gasteiger partial charge in [0.25, 0.3) is 5.56 Å². The summed E-state index contributed by atoms with van der Waals surface area (Å²) in [6.07, 6.45) is 0. The zero-order valence-electron chi connectivity index (χ0n) is 25.5. The predicted molar refractivity (Wildman–Crippen MR) is 174 cm³/mol. The highest BCUT2D eigenvalue weighted by molar-refractivity contribution is 5.87. The molecule has 0 spiro atoms. The average Bonchev–Trinajstić information content (AvgIpc) is 3.06. The molecule has 0 bridgehead atoms. The molecule has 7 nitrogen and oxygen atoms in total. The van der Waals surface area contributed by atoms with Gasteiger partial charge in [0.2, 0.25) is 5.91 Å². The molecule has 2 unspecified atom stereocenters. The Morgan fingerprint density at radius 2 is 1.48 bits per heavy atom. The van der Waals surface area contributed by atoms with Crippen LogP contribution in [0.5, 0.6) is 5.75 Å². The summed E-state index contributed by atoms with van der Waals surface area (Å²) >= 11 is 0. The smallest absolute Gasteiger partial charge is 0.266 e. The molecule has 1 saturated heterocycles. The number of aromatic nitrogens is 2. The summed E-state index contributed by atoms with van der Waals surface area (Å²) in [5, 5.41) is 0.578. The molecule has 1 amide bonds. The van der Waals surface area contributed by atoms with Crippen molar-refractivity contribution in [3.05, 3.63) is 136 Å². The maximum atomic E-state index is 14.2. The Kier molecular flexibility index (Phi) is 8.57. The van der Waals surface area contributed by atoms with Crippen molar-refractivity contribution in [3.63, 3.8) is 0 Å². The normalized spacial score (nSPS) is 16.3. The lowest BCUT2D eigenvalue weighted by Crippen LogP contribution is -2.55. The first-order chi connectivity index (χ1) is 21.5. The van der Waals surface area contributed by atoms with Crippen molar-refractivity contribution in [1.82, 2.24) is 19.4 Å². The number of rotatable bonds is 8. The molecular formula is C37H38N4O3. The molecule has 224 valence electrons. The second-order valence-corrected chi connectivity index (χ2v) is 11.4. The van der Waals surface area contributed by atoms with E-state index in [1.807, 2.05) is 121 Å². The summed E-state index contributed by atoms with van der Waals surface area (Å²) in [5.74, 6) is 1.18. The minimum atomic E-state index is -0.365. The molecule has 0 saturated carbocycles. The first-order valence-electron chi connectivity index (χ1n) is 15.4. The lowest BCUT2D eigenvalue weighted by atomic mass is 9.89. The lowest BCUT2D eigenvalue weighted by Gasteiger charge is -2.43. The predicted octanol–water partition coefficient (Wildman–Crippen LogP) is 6.21. The van der Waals surface area contributed by atoms with Crippen molar-refractivity contribution >= 4 is 16.8 Å². The molecular weight excluding hydrogens is 548 g/mol. The molecule has 1 fully saturated rings. The van der Waals surface area contributed by atoms with E-state index in [0.29, 0.717) is 43.0 Å². The Bertz CT molecular complexity index is 1750. The molecule has 5 aromatic rings. The van der Waals surface area contributed by atoms with E-state index in [1.54, 1.807) is 4.57 Å². The summed E-state index contributed by atoms with van der Waals surface area (Å²) < 4.78 is 7.37. The number of carbonyl (C=O) groups is 1. The molecule has 0 aliphatic carbocycles. The zero-order valence-corrected chi connectivity index (χ0v) is 25.5. The minimum Gasteiger partial charge on any atom is -0.494 e. The van der Waals surface area contributed by atoms with Gasteiger partial charge in [0.15, 0.2) is 0 Å². The van der Waals surface area contributed by atoms with Crippen molar-refractivity contribution < 1.29 is 9.53 Å². The van der Waals surface area contributed by atoms with Crippen LogP contribution in [0.3, 0.4) is 0 Å². The van der Waals surface area contributed by atoms with Crippen LogP contribution in [0.4, 0.5) is 0 Å². The zero-order chi connectivity index (χ0) is 30.6. The van der Waals surface area contributed by atoms with Gasteiger partial charge < -0.3 is 9.64 Å². The second kappa shape index (κ2) is 12.9. The van der Waals surface area contributed by atoms with Gasteiger partial charge in [-0.25, -0.2) is 4.98 Å². The molecule has 6 rings (SSSR count). The number of benzene rings is 4. The fraction of sp³-hybridized carbons (Fsp3) is 0.270. The van der Waals surface area contributed by atoms with Gasteiger partial charge in [-0.05, 0) is 68.3 Å². The van der Waals surface area contributed by atoms with Crippen LogP contribution < -0.4 is 10.3 Å². The third-order valence-electron chi connectivity index (χ3n) is 8.58. The van der Waals surface area contributed by atoms with Gasteiger partial charge in [0, 0.05) is 25.7 Å². The van der Waals surface area contributed by atoms with Gasteiger partial charge in [-0.2, -0.15) is 0 Å². The van der Waals surface area contributed by atoms with Gasteiger partial charge in [-0.15, -0.1) is 0 Å². The van der Waals surface area contributed by atoms with Gasteiger partial charge >= 0.3 is 0 Å². The number of hydrogen-bond acceptors (Lipinski definition) is 5. The summed E-state index contributed by atoms with van der Waals surface area (Å²) in [7, 11) is 0. The van der Waals surface area contributed by atoms with Crippen molar-refractivity contribution in [2.24, 2.45) is 0 Å². The third kappa shape index (κ3) is 5.75. The monoisotopic (exact) mass is 586 g/mol. The van der Waals surface area contributed by atoms with Gasteiger partial charge in [-0.3, -0.25) is 19.1 Å². The average molecular weight is 587 g/mol. The van der Waals surface area contributed by atoms with Crippen LogP contribution in [0.15, 0.2) is 114 Å². The first-order valence-corrected chi connectivity index (χ1v) is 15.4. The van der Waals surface area contributed by atoms with E-state index in [4.69, 9.17) is 9.72 Å². The maximum absolute atomic E-state index is 14.2. The molecule has 0 radical (unpaired) electrons. The van der Waals surface area contributed by atoms with Crippen LogP contribution in [-0.2, 0) is 4.79 Å². The second-order valence-electron chi connectivity index (χ2n) is 11.4. The van der Waals surface area contributed by atoms with Crippen LogP contribution in [0.25, 0.3) is 16.6 Å². The minimum absolute atomic E-state index is 0.0280. The molecule has 2 atom stereocenters. The summed E-state index contributed by atoms with van der Waals surface area (Å²) in [4.78, 5) is 37.5. The molecule has 1 aliphatic rings. The summed E-state index contributed by atoms with van der Waals surface area (Å²) in [5.41, 5.74) is 3.31. The Balaban J connectivity index is 1.30. The number of nitrogens with zero attached hydrogens (tertiary/aromatic N) is 4. The van der Waals surface area contributed by atoms with Crippen molar-refractivity contribution in [2.45, 2.75) is 38.8 Å². The number of ether oxygens (including phenoxy) is 1. The van der Waals surface area contributed by atoms with E-state index in [9.17, 15) is 9.59 Å². The number of hydrogen-bond donors (Lipinski definition) is 0. The highest BCUT2D eigenvalue weighted by atomic mass is 16.5. The van der Waals surface area contributed by atoms with E-state index in [2.05, 4.69) is 18.7 Å².